The van der Waals surface area contributed by atoms with Gasteiger partial charge in [0, 0.05) is 12.1 Å². The number of benzene rings is 1. The first-order valence-corrected chi connectivity index (χ1v) is 7.14. The van der Waals surface area contributed by atoms with E-state index in [2.05, 4.69) is 5.43 Å². The molecule has 0 unspecified atom stereocenters. The van der Waals surface area contributed by atoms with E-state index >= 15 is 0 Å². The van der Waals surface area contributed by atoms with Crippen LogP contribution in [-0.4, -0.2) is 34.2 Å². The zero-order valence-corrected chi connectivity index (χ0v) is 13.2. The van der Waals surface area contributed by atoms with Crippen molar-refractivity contribution in [2.75, 3.05) is 6.61 Å². The molecule has 1 N–H and O–H groups in total. The van der Waals surface area contributed by atoms with Crippen molar-refractivity contribution in [3.05, 3.63) is 50.8 Å². The van der Waals surface area contributed by atoms with Gasteiger partial charge in [-0.2, -0.15) is 8.78 Å². The molecule has 0 bridgehead atoms. The van der Waals surface area contributed by atoms with Crippen molar-refractivity contribution in [2.45, 2.75) is 20.0 Å². The lowest BCUT2D eigenvalue weighted by Gasteiger charge is -2.28. The molecule has 1 aliphatic heterocycles. The number of nitrogens with zero attached hydrogens (tertiary/aromatic N) is 3. The number of rotatable bonds is 6. The summed E-state index contributed by atoms with van der Waals surface area (Å²) in [7, 11) is 0. The van der Waals surface area contributed by atoms with Crippen LogP contribution in [0.5, 0.6) is 0 Å². The summed E-state index contributed by atoms with van der Waals surface area (Å²) in [6, 6.07) is 5.31. The van der Waals surface area contributed by atoms with Gasteiger partial charge in [-0.1, -0.05) is 28.9 Å². The average Bonchev–Trinajstić information content (AvgIpc) is 2.85. The van der Waals surface area contributed by atoms with Gasteiger partial charge in [-0.05, 0) is 12.5 Å². The van der Waals surface area contributed by atoms with Crippen LogP contribution in [0.15, 0.2) is 35.1 Å². The van der Waals surface area contributed by atoms with Gasteiger partial charge < -0.3 is 4.74 Å². The molecule has 130 valence electrons. The summed E-state index contributed by atoms with van der Waals surface area (Å²) >= 11 is 6.00. The van der Waals surface area contributed by atoms with Gasteiger partial charge >= 0.3 is 12.5 Å². The predicted molar refractivity (Wildman–Crippen MR) is 79.1 cm³/mol. The zero-order valence-electron chi connectivity index (χ0n) is 12.4. The molecule has 1 heterocycles. The maximum atomic E-state index is 13.2. The fourth-order valence-electron chi connectivity index (χ4n) is 1.97. The second-order valence-electron chi connectivity index (χ2n) is 4.60. The zero-order chi connectivity index (χ0) is 17.9. The largest absolute Gasteiger partial charge is 0.461 e. The van der Waals surface area contributed by atoms with Gasteiger partial charge in [0.05, 0.1) is 18.1 Å². The van der Waals surface area contributed by atoms with Crippen molar-refractivity contribution < 1.29 is 23.2 Å². The maximum Gasteiger partial charge on any atom is 0.359 e. The van der Waals surface area contributed by atoms with E-state index in [-0.39, 0.29) is 29.7 Å². The number of esters is 1. The fraction of sp³-hybridized carbons (Fsp3) is 0.308. The highest BCUT2D eigenvalue weighted by Gasteiger charge is 2.37. The first-order chi connectivity index (χ1) is 11.3. The molecule has 1 aromatic rings. The number of nitro benzene ring substituents is 1. The van der Waals surface area contributed by atoms with Crippen molar-refractivity contribution in [1.82, 2.24) is 15.6 Å². The molecule has 0 spiro atoms. The number of ether oxygens (including phenoxy) is 1. The second-order valence-corrected chi connectivity index (χ2v) is 4.96. The van der Waals surface area contributed by atoms with E-state index in [1.165, 1.54) is 24.3 Å². The summed E-state index contributed by atoms with van der Waals surface area (Å²) < 4.78 is 31.1. The quantitative estimate of drug-likeness (QED) is 0.359. The summed E-state index contributed by atoms with van der Waals surface area (Å²) in [6.07, 6.45) is 0. The van der Waals surface area contributed by atoms with Crippen LogP contribution in [0.3, 0.4) is 0 Å². The smallest absolute Gasteiger partial charge is 0.359 e. The number of halogens is 3. The summed E-state index contributed by atoms with van der Waals surface area (Å²) in [5.74, 6) is -0.862. The Hall–Kier alpha value is -2.46. The number of non-ortho nitro benzene ring substituents is 1. The number of alkyl halides is 2. The molecule has 0 saturated carbocycles. The SMILES string of the molecule is CCOC(=O)C1=C(Cl)N(Cc2ccc([N+](=O)[O-])cc2)N(C(F)F)N1. The van der Waals surface area contributed by atoms with Crippen LogP contribution in [0.2, 0.25) is 0 Å². The van der Waals surface area contributed by atoms with Crippen molar-refractivity contribution in [1.29, 1.82) is 0 Å². The second kappa shape index (κ2) is 7.41. The van der Waals surface area contributed by atoms with E-state index in [0.29, 0.717) is 10.7 Å². The molecule has 24 heavy (non-hydrogen) atoms. The maximum absolute atomic E-state index is 13.2. The first kappa shape index (κ1) is 17.9. The average molecular weight is 363 g/mol. The van der Waals surface area contributed by atoms with E-state index in [4.69, 9.17) is 16.3 Å². The monoisotopic (exact) mass is 362 g/mol. The van der Waals surface area contributed by atoms with Crippen molar-refractivity contribution in [3.63, 3.8) is 0 Å². The molecule has 0 aliphatic carbocycles. The number of hydrazine groups is 2. The van der Waals surface area contributed by atoms with Crippen LogP contribution in [0.1, 0.15) is 12.5 Å². The van der Waals surface area contributed by atoms with Crippen molar-refractivity contribution in [2.24, 2.45) is 0 Å². The Bertz CT molecular complexity index is 668. The lowest BCUT2D eigenvalue weighted by atomic mass is 10.2. The van der Waals surface area contributed by atoms with Crippen LogP contribution in [-0.2, 0) is 16.1 Å². The van der Waals surface area contributed by atoms with Gasteiger partial charge in [-0.3, -0.25) is 20.5 Å². The molecule has 0 fully saturated rings. The van der Waals surface area contributed by atoms with Gasteiger partial charge in [0.1, 0.15) is 0 Å². The molecular weight excluding hydrogens is 350 g/mol. The minimum atomic E-state index is -2.98. The van der Waals surface area contributed by atoms with Gasteiger partial charge in [-0.25, -0.2) is 4.79 Å². The van der Waals surface area contributed by atoms with Gasteiger partial charge in [0.2, 0.25) is 0 Å². The standard InChI is InChI=1S/C13H13ClF2N4O4/c1-2-24-12(21)10-11(14)18(19(17-10)13(15)16)7-8-3-5-9(6-4-8)20(22)23/h3-6,13,17H,2,7H2,1H3. The topological polar surface area (TPSA) is 87.9 Å². The fourth-order valence-corrected chi connectivity index (χ4v) is 2.23. The Kier molecular flexibility index (Phi) is 5.52. The summed E-state index contributed by atoms with van der Waals surface area (Å²) in [5.41, 5.74) is 2.25. The van der Waals surface area contributed by atoms with E-state index in [0.717, 1.165) is 5.01 Å². The van der Waals surface area contributed by atoms with E-state index < -0.39 is 17.4 Å². The molecular formula is C13H13ClF2N4O4. The highest BCUT2D eigenvalue weighted by molar-refractivity contribution is 6.31. The first-order valence-electron chi connectivity index (χ1n) is 6.76. The Labute approximate surface area is 140 Å². The van der Waals surface area contributed by atoms with Crippen molar-refractivity contribution in [3.8, 4) is 0 Å². The molecule has 2 rings (SSSR count). The van der Waals surface area contributed by atoms with E-state index in [1.54, 1.807) is 6.92 Å². The van der Waals surface area contributed by atoms with Crippen LogP contribution >= 0.6 is 11.6 Å². The minimum Gasteiger partial charge on any atom is -0.461 e. The number of hydrogen-bond acceptors (Lipinski definition) is 7. The number of carbonyl (C=O) groups is 1. The van der Waals surface area contributed by atoms with Crippen LogP contribution < -0.4 is 5.43 Å². The number of nitro groups is 1. The van der Waals surface area contributed by atoms with Gasteiger partial charge in [0.25, 0.3) is 5.69 Å². The Balaban J connectivity index is 2.23. The number of nitrogens with one attached hydrogen (secondary N) is 1. The lowest BCUT2D eigenvalue weighted by molar-refractivity contribution is -0.384. The summed E-state index contributed by atoms with van der Waals surface area (Å²) in [4.78, 5) is 21.8. The molecule has 8 nitrogen and oxygen atoms in total. The molecule has 0 atom stereocenters. The number of carbonyl (C=O) groups excluding carboxylic acids is 1. The highest BCUT2D eigenvalue weighted by Crippen LogP contribution is 2.28. The molecule has 0 radical (unpaired) electrons. The molecule has 0 aromatic heterocycles. The highest BCUT2D eigenvalue weighted by atomic mass is 35.5. The molecule has 11 heteroatoms. The van der Waals surface area contributed by atoms with Gasteiger partial charge in [-0.15, -0.1) is 0 Å². The molecule has 0 amide bonds. The minimum absolute atomic E-state index is 0.0607. The van der Waals surface area contributed by atoms with Gasteiger partial charge in [0.15, 0.2) is 10.9 Å². The number of hydrogen-bond donors (Lipinski definition) is 1. The van der Waals surface area contributed by atoms with Crippen molar-refractivity contribution >= 4 is 23.3 Å². The molecule has 0 saturated heterocycles. The Morgan fingerprint density at radius 1 is 1.42 bits per heavy atom. The third kappa shape index (κ3) is 3.71. The lowest BCUT2D eigenvalue weighted by Crippen LogP contribution is -2.46. The summed E-state index contributed by atoms with van der Waals surface area (Å²) in [5, 5.41) is 11.7. The normalized spacial score (nSPS) is 15.0. The Morgan fingerprint density at radius 3 is 2.54 bits per heavy atom. The molecule has 1 aromatic carbocycles. The van der Waals surface area contributed by atoms with Crippen LogP contribution in [0, 0.1) is 10.1 Å². The molecule has 1 aliphatic rings. The van der Waals surface area contributed by atoms with E-state index in [9.17, 15) is 23.7 Å². The predicted octanol–water partition coefficient (Wildman–Crippen LogP) is 2.33. The third-order valence-corrected chi connectivity index (χ3v) is 3.45. The Morgan fingerprint density at radius 2 is 2.04 bits per heavy atom. The third-order valence-electron chi connectivity index (χ3n) is 3.06. The van der Waals surface area contributed by atoms with E-state index in [1.807, 2.05) is 0 Å². The van der Waals surface area contributed by atoms with Crippen LogP contribution in [0.25, 0.3) is 0 Å². The summed E-state index contributed by atoms with van der Waals surface area (Å²) in [6.45, 7) is -1.48. The van der Waals surface area contributed by atoms with Crippen LogP contribution in [0.4, 0.5) is 14.5 Å².